The lowest BCUT2D eigenvalue weighted by Crippen LogP contribution is -2.07. The zero-order valence-electron chi connectivity index (χ0n) is 11.5. The number of rotatable bonds is 3. The highest BCUT2D eigenvalue weighted by molar-refractivity contribution is 5.85. The van der Waals surface area contributed by atoms with Crippen LogP contribution in [0.5, 0.6) is 0 Å². The minimum absolute atomic E-state index is 0.0688. The molecule has 0 radical (unpaired) electrons. The van der Waals surface area contributed by atoms with Gasteiger partial charge in [-0.1, -0.05) is 0 Å². The summed E-state index contributed by atoms with van der Waals surface area (Å²) in [6.45, 7) is 5.88. The number of esters is 1. The van der Waals surface area contributed by atoms with E-state index >= 15 is 0 Å². The van der Waals surface area contributed by atoms with Crippen LogP contribution in [0.1, 0.15) is 28.9 Å². The van der Waals surface area contributed by atoms with E-state index in [0.29, 0.717) is 12.4 Å². The van der Waals surface area contributed by atoms with Crippen LogP contribution in [0.25, 0.3) is 11.4 Å². The monoisotopic (exact) mass is 260 g/mol. The van der Waals surface area contributed by atoms with Crippen molar-refractivity contribution in [2.75, 3.05) is 6.61 Å². The molecule has 0 aromatic carbocycles. The number of hydrogen-bond donors (Lipinski definition) is 0. The minimum Gasteiger partial charge on any atom is -0.460 e. The third-order valence-electron chi connectivity index (χ3n) is 2.69. The predicted molar refractivity (Wildman–Crippen MR) is 69.7 cm³/mol. The van der Waals surface area contributed by atoms with Gasteiger partial charge in [-0.05, 0) is 32.9 Å². The second-order valence-electron chi connectivity index (χ2n) is 4.19. The third-order valence-corrected chi connectivity index (χ3v) is 2.69. The van der Waals surface area contributed by atoms with Crippen LogP contribution in [0, 0.1) is 13.8 Å². The largest absolute Gasteiger partial charge is 0.460 e. The summed E-state index contributed by atoms with van der Waals surface area (Å²) >= 11 is 0. The highest BCUT2D eigenvalue weighted by atomic mass is 16.5. The molecule has 6 heteroatoms. The van der Waals surface area contributed by atoms with E-state index in [4.69, 9.17) is 4.74 Å². The first-order valence-electron chi connectivity index (χ1n) is 6.05. The first kappa shape index (κ1) is 13.2. The molecule has 0 atom stereocenters. The molecule has 0 saturated heterocycles. The second kappa shape index (κ2) is 5.17. The first-order valence-corrected chi connectivity index (χ1v) is 6.05. The van der Waals surface area contributed by atoms with Crippen LogP contribution in [0.4, 0.5) is 0 Å². The van der Waals surface area contributed by atoms with E-state index in [2.05, 4.69) is 15.1 Å². The number of hydrogen-bond acceptors (Lipinski definition) is 5. The van der Waals surface area contributed by atoms with E-state index in [9.17, 15) is 4.79 Å². The average molecular weight is 260 g/mol. The van der Waals surface area contributed by atoms with E-state index in [1.165, 1.54) is 0 Å². The standard InChI is InChI=1S/C13H16N4O2/c1-5-19-13(18)11-15-12(17(4)16-11)10-7-6-8(2)14-9(10)3/h6-7H,5H2,1-4H3. The van der Waals surface area contributed by atoms with Gasteiger partial charge >= 0.3 is 5.97 Å². The van der Waals surface area contributed by atoms with Gasteiger partial charge in [0.15, 0.2) is 5.82 Å². The van der Waals surface area contributed by atoms with Gasteiger partial charge in [-0.2, -0.15) is 0 Å². The molecule has 0 spiro atoms. The maximum absolute atomic E-state index is 11.6. The number of aryl methyl sites for hydroxylation is 3. The smallest absolute Gasteiger partial charge is 0.378 e. The van der Waals surface area contributed by atoms with E-state index in [1.54, 1.807) is 18.7 Å². The molecule has 0 aliphatic heterocycles. The fraction of sp³-hybridized carbons (Fsp3) is 0.385. The number of nitrogens with zero attached hydrogens (tertiary/aromatic N) is 4. The van der Waals surface area contributed by atoms with Crippen LogP contribution in [0.3, 0.4) is 0 Å². The number of ether oxygens (including phenoxy) is 1. The van der Waals surface area contributed by atoms with Gasteiger partial charge < -0.3 is 4.74 Å². The molecular weight excluding hydrogens is 244 g/mol. The summed E-state index contributed by atoms with van der Waals surface area (Å²) < 4.78 is 6.45. The Labute approximate surface area is 111 Å². The van der Waals surface area contributed by atoms with Gasteiger partial charge in [-0.15, -0.1) is 5.10 Å². The van der Waals surface area contributed by atoms with Crippen molar-refractivity contribution in [3.8, 4) is 11.4 Å². The highest BCUT2D eigenvalue weighted by Gasteiger charge is 2.18. The number of aromatic nitrogens is 4. The summed E-state index contributed by atoms with van der Waals surface area (Å²) in [7, 11) is 1.74. The second-order valence-corrected chi connectivity index (χ2v) is 4.19. The third kappa shape index (κ3) is 2.62. The molecule has 6 nitrogen and oxygen atoms in total. The lowest BCUT2D eigenvalue weighted by atomic mass is 10.2. The van der Waals surface area contributed by atoms with Crippen LogP contribution >= 0.6 is 0 Å². The Morgan fingerprint density at radius 3 is 2.68 bits per heavy atom. The lowest BCUT2D eigenvalue weighted by Gasteiger charge is -2.04. The molecule has 0 N–H and O–H groups in total. The Hall–Kier alpha value is -2.24. The van der Waals surface area contributed by atoms with Gasteiger partial charge in [-0.3, -0.25) is 4.98 Å². The van der Waals surface area contributed by atoms with Crippen LogP contribution in [0.2, 0.25) is 0 Å². The Morgan fingerprint density at radius 2 is 2.05 bits per heavy atom. The van der Waals surface area contributed by atoms with Crippen LogP contribution in [-0.4, -0.2) is 32.3 Å². The van der Waals surface area contributed by atoms with Crippen molar-refractivity contribution in [2.45, 2.75) is 20.8 Å². The van der Waals surface area contributed by atoms with Gasteiger partial charge in [-0.25, -0.2) is 14.5 Å². The van der Waals surface area contributed by atoms with Crippen molar-refractivity contribution in [3.05, 3.63) is 29.3 Å². The summed E-state index contributed by atoms with van der Waals surface area (Å²) in [5.74, 6) is 0.162. The lowest BCUT2D eigenvalue weighted by molar-refractivity contribution is 0.0512. The molecular formula is C13H16N4O2. The maximum atomic E-state index is 11.6. The van der Waals surface area contributed by atoms with Crippen molar-refractivity contribution in [3.63, 3.8) is 0 Å². The topological polar surface area (TPSA) is 69.9 Å². The Morgan fingerprint density at radius 1 is 1.32 bits per heavy atom. The van der Waals surface area contributed by atoms with E-state index < -0.39 is 5.97 Å². The van der Waals surface area contributed by atoms with Crippen molar-refractivity contribution in [1.29, 1.82) is 0 Å². The quantitative estimate of drug-likeness (QED) is 0.785. The predicted octanol–water partition coefficient (Wildman–Crippen LogP) is 1.67. The van der Waals surface area contributed by atoms with Gasteiger partial charge in [0.25, 0.3) is 5.82 Å². The van der Waals surface area contributed by atoms with Crippen molar-refractivity contribution >= 4 is 5.97 Å². The zero-order valence-corrected chi connectivity index (χ0v) is 11.5. The van der Waals surface area contributed by atoms with Crippen molar-refractivity contribution in [1.82, 2.24) is 19.7 Å². The van der Waals surface area contributed by atoms with Gasteiger partial charge in [0.1, 0.15) is 0 Å². The highest BCUT2D eigenvalue weighted by Crippen LogP contribution is 2.20. The Balaban J connectivity index is 2.43. The molecule has 0 fully saturated rings. The molecule has 100 valence electrons. The molecule has 0 aliphatic rings. The maximum Gasteiger partial charge on any atom is 0.378 e. The van der Waals surface area contributed by atoms with E-state index in [1.807, 2.05) is 26.0 Å². The molecule has 0 saturated carbocycles. The molecule has 0 bridgehead atoms. The summed E-state index contributed by atoms with van der Waals surface area (Å²) in [6, 6.07) is 3.83. The summed E-state index contributed by atoms with van der Waals surface area (Å²) in [6.07, 6.45) is 0. The van der Waals surface area contributed by atoms with E-state index in [-0.39, 0.29) is 5.82 Å². The Kier molecular flexibility index (Phi) is 3.59. The molecule has 2 aromatic heterocycles. The minimum atomic E-state index is -0.512. The van der Waals surface area contributed by atoms with Crippen LogP contribution in [-0.2, 0) is 11.8 Å². The number of carbonyl (C=O) groups excluding carboxylic acids is 1. The normalized spacial score (nSPS) is 10.5. The first-order chi connectivity index (χ1) is 9.02. The van der Waals surface area contributed by atoms with Crippen molar-refractivity contribution in [2.24, 2.45) is 7.05 Å². The number of pyridine rings is 1. The summed E-state index contributed by atoms with van der Waals surface area (Å²) in [5, 5.41) is 4.07. The Bertz CT molecular complexity index is 619. The summed E-state index contributed by atoms with van der Waals surface area (Å²) in [5.41, 5.74) is 2.65. The molecule has 0 unspecified atom stereocenters. The van der Waals surface area contributed by atoms with Gasteiger partial charge in [0.05, 0.1) is 6.61 Å². The molecule has 2 heterocycles. The van der Waals surface area contributed by atoms with Crippen LogP contribution in [0.15, 0.2) is 12.1 Å². The summed E-state index contributed by atoms with van der Waals surface area (Å²) in [4.78, 5) is 20.2. The van der Waals surface area contributed by atoms with Crippen LogP contribution < -0.4 is 0 Å². The fourth-order valence-electron chi connectivity index (χ4n) is 1.82. The zero-order chi connectivity index (χ0) is 14.0. The average Bonchev–Trinajstić information content (AvgIpc) is 2.72. The molecule has 2 rings (SSSR count). The number of carbonyl (C=O) groups is 1. The van der Waals surface area contributed by atoms with Crippen molar-refractivity contribution < 1.29 is 9.53 Å². The molecule has 19 heavy (non-hydrogen) atoms. The molecule has 0 amide bonds. The molecule has 2 aromatic rings. The SMILES string of the molecule is CCOC(=O)c1nc(-c2ccc(C)nc2C)n(C)n1. The molecule has 0 aliphatic carbocycles. The fourth-order valence-corrected chi connectivity index (χ4v) is 1.82. The van der Waals surface area contributed by atoms with E-state index in [0.717, 1.165) is 17.0 Å². The van der Waals surface area contributed by atoms with Gasteiger partial charge in [0, 0.05) is 24.0 Å². The van der Waals surface area contributed by atoms with Gasteiger partial charge in [0.2, 0.25) is 0 Å².